The SMILES string of the molecule is C=CCNC(=O)c1cncc(N2CCN(c3ccccn3)CC2)c1. The van der Waals surface area contributed by atoms with Crippen LogP contribution in [0.25, 0.3) is 0 Å². The molecule has 1 amide bonds. The smallest absolute Gasteiger partial charge is 0.253 e. The van der Waals surface area contributed by atoms with Gasteiger partial charge in [-0.3, -0.25) is 9.78 Å². The van der Waals surface area contributed by atoms with E-state index in [0.29, 0.717) is 12.1 Å². The highest BCUT2D eigenvalue weighted by atomic mass is 16.1. The van der Waals surface area contributed by atoms with Gasteiger partial charge in [0.05, 0.1) is 17.4 Å². The molecule has 2 aromatic rings. The first kappa shape index (κ1) is 16.0. The Morgan fingerprint density at radius 3 is 2.71 bits per heavy atom. The van der Waals surface area contributed by atoms with Crippen molar-refractivity contribution in [1.82, 2.24) is 15.3 Å². The molecule has 1 aliphatic rings. The minimum atomic E-state index is -0.128. The fourth-order valence-electron chi connectivity index (χ4n) is 2.73. The van der Waals surface area contributed by atoms with Gasteiger partial charge in [0.25, 0.3) is 5.91 Å². The van der Waals surface area contributed by atoms with E-state index < -0.39 is 0 Å². The number of hydrogen-bond donors (Lipinski definition) is 1. The van der Waals surface area contributed by atoms with Gasteiger partial charge in [-0.15, -0.1) is 6.58 Å². The molecule has 1 saturated heterocycles. The summed E-state index contributed by atoms with van der Waals surface area (Å²) in [4.78, 5) is 25.2. The van der Waals surface area contributed by atoms with E-state index in [-0.39, 0.29) is 5.91 Å². The zero-order valence-corrected chi connectivity index (χ0v) is 13.6. The van der Waals surface area contributed by atoms with Crippen molar-refractivity contribution in [1.29, 1.82) is 0 Å². The van der Waals surface area contributed by atoms with Crippen molar-refractivity contribution in [3.63, 3.8) is 0 Å². The molecule has 124 valence electrons. The van der Waals surface area contributed by atoms with Crippen molar-refractivity contribution in [2.45, 2.75) is 0 Å². The van der Waals surface area contributed by atoms with Crippen LogP contribution in [0.15, 0.2) is 55.5 Å². The zero-order valence-electron chi connectivity index (χ0n) is 13.6. The Labute approximate surface area is 141 Å². The van der Waals surface area contributed by atoms with Crippen molar-refractivity contribution in [3.8, 4) is 0 Å². The molecular formula is C18H21N5O. The van der Waals surface area contributed by atoms with E-state index in [1.807, 2.05) is 30.5 Å². The van der Waals surface area contributed by atoms with Crippen molar-refractivity contribution in [2.75, 3.05) is 42.5 Å². The van der Waals surface area contributed by atoms with Crippen LogP contribution in [0.4, 0.5) is 11.5 Å². The van der Waals surface area contributed by atoms with Crippen LogP contribution in [0.2, 0.25) is 0 Å². The van der Waals surface area contributed by atoms with E-state index in [0.717, 1.165) is 37.7 Å². The number of carbonyl (C=O) groups is 1. The monoisotopic (exact) mass is 323 g/mol. The first-order chi connectivity index (χ1) is 11.8. The predicted molar refractivity (Wildman–Crippen MR) is 95.4 cm³/mol. The summed E-state index contributed by atoms with van der Waals surface area (Å²) >= 11 is 0. The van der Waals surface area contributed by atoms with Crippen molar-refractivity contribution >= 4 is 17.4 Å². The average molecular weight is 323 g/mol. The molecule has 0 aromatic carbocycles. The summed E-state index contributed by atoms with van der Waals surface area (Å²) in [7, 11) is 0. The second-order valence-electron chi connectivity index (χ2n) is 5.59. The molecule has 1 aliphatic heterocycles. The fourth-order valence-corrected chi connectivity index (χ4v) is 2.73. The van der Waals surface area contributed by atoms with Gasteiger partial charge in [0.15, 0.2) is 0 Å². The summed E-state index contributed by atoms with van der Waals surface area (Å²) in [6.07, 6.45) is 6.87. The van der Waals surface area contributed by atoms with Gasteiger partial charge in [-0.05, 0) is 18.2 Å². The number of hydrogen-bond acceptors (Lipinski definition) is 5. The van der Waals surface area contributed by atoms with E-state index in [9.17, 15) is 4.79 Å². The first-order valence-corrected chi connectivity index (χ1v) is 8.03. The summed E-state index contributed by atoms with van der Waals surface area (Å²) < 4.78 is 0. The van der Waals surface area contributed by atoms with E-state index in [1.54, 1.807) is 18.5 Å². The molecule has 1 N–H and O–H groups in total. The molecule has 3 heterocycles. The number of nitrogens with zero attached hydrogens (tertiary/aromatic N) is 4. The van der Waals surface area contributed by atoms with Gasteiger partial charge in [-0.2, -0.15) is 0 Å². The number of nitrogens with one attached hydrogen (secondary N) is 1. The van der Waals surface area contributed by atoms with Gasteiger partial charge in [-0.1, -0.05) is 12.1 Å². The Balaban J connectivity index is 1.64. The summed E-state index contributed by atoms with van der Waals surface area (Å²) in [5.41, 5.74) is 1.54. The number of anilines is 2. The molecule has 6 heteroatoms. The molecule has 0 spiro atoms. The average Bonchev–Trinajstić information content (AvgIpc) is 2.67. The molecule has 0 saturated carbocycles. The maximum Gasteiger partial charge on any atom is 0.253 e. The number of pyridine rings is 2. The van der Waals surface area contributed by atoms with Crippen molar-refractivity contribution in [2.24, 2.45) is 0 Å². The largest absolute Gasteiger partial charge is 0.367 e. The summed E-state index contributed by atoms with van der Waals surface area (Å²) in [5.74, 6) is 0.879. The van der Waals surface area contributed by atoms with Crippen LogP contribution >= 0.6 is 0 Å². The highest BCUT2D eigenvalue weighted by molar-refractivity contribution is 5.94. The maximum absolute atomic E-state index is 12.0. The Kier molecular flexibility index (Phi) is 5.05. The third-order valence-corrected chi connectivity index (χ3v) is 4.01. The molecule has 0 bridgehead atoms. The molecular weight excluding hydrogens is 302 g/mol. The molecule has 6 nitrogen and oxygen atoms in total. The predicted octanol–water partition coefficient (Wildman–Crippen LogP) is 1.72. The second-order valence-corrected chi connectivity index (χ2v) is 5.59. The standard InChI is InChI=1S/C18H21N5O/c1-2-6-21-18(24)15-12-16(14-19-13-15)22-8-10-23(11-9-22)17-5-3-4-7-20-17/h2-5,7,12-14H,1,6,8-11H2,(H,21,24). The minimum absolute atomic E-state index is 0.128. The van der Waals surface area contributed by atoms with Crippen LogP contribution in [-0.4, -0.2) is 48.6 Å². The third-order valence-electron chi connectivity index (χ3n) is 4.01. The number of piperazine rings is 1. The number of carbonyl (C=O) groups excluding carboxylic acids is 1. The van der Waals surface area contributed by atoms with Gasteiger partial charge in [-0.25, -0.2) is 4.98 Å². The Bertz CT molecular complexity index is 696. The van der Waals surface area contributed by atoms with Crippen molar-refractivity contribution < 1.29 is 4.79 Å². The van der Waals surface area contributed by atoms with Crippen LogP contribution in [-0.2, 0) is 0 Å². The first-order valence-electron chi connectivity index (χ1n) is 8.03. The lowest BCUT2D eigenvalue weighted by Gasteiger charge is -2.36. The Morgan fingerprint density at radius 1 is 1.21 bits per heavy atom. The highest BCUT2D eigenvalue weighted by Crippen LogP contribution is 2.19. The number of amides is 1. The number of rotatable bonds is 5. The Morgan fingerprint density at radius 2 is 2.00 bits per heavy atom. The molecule has 0 aliphatic carbocycles. The molecule has 0 radical (unpaired) electrons. The molecule has 0 unspecified atom stereocenters. The minimum Gasteiger partial charge on any atom is -0.367 e. The fraction of sp³-hybridized carbons (Fsp3) is 0.278. The normalized spacial score (nSPS) is 14.3. The quantitative estimate of drug-likeness (QED) is 0.849. The summed E-state index contributed by atoms with van der Waals surface area (Å²) in [5, 5.41) is 2.78. The van der Waals surface area contributed by atoms with E-state index in [2.05, 4.69) is 31.7 Å². The molecule has 3 rings (SSSR count). The van der Waals surface area contributed by atoms with Gasteiger partial charge >= 0.3 is 0 Å². The van der Waals surface area contributed by atoms with Gasteiger partial charge in [0, 0.05) is 45.1 Å². The van der Waals surface area contributed by atoms with Gasteiger partial charge < -0.3 is 15.1 Å². The van der Waals surface area contributed by atoms with E-state index >= 15 is 0 Å². The molecule has 2 aromatic heterocycles. The van der Waals surface area contributed by atoms with Gasteiger partial charge in [0.2, 0.25) is 0 Å². The topological polar surface area (TPSA) is 61.4 Å². The van der Waals surface area contributed by atoms with Crippen LogP contribution in [0.1, 0.15) is 10.4 Å². The maximum atomic E-state index is 12.0. The van der Waals surface area contributed by atoms with Gasteiger partial charge in [0.1, 0.15) is 5.82 Å². The third kappa shape index (κ3) is 3.71. The van der Waals surface area contributed by atoms with Crippen LogP contribution in [0.3, 0.4) is 0 Å². The lowest BCUT2D eigenvalue weighted by atomic mass is 10.2. The van der Waals surface area contributed by atoms with Crippen LogP contribution in [0.5, 0.6) is 0 Å². The lowest BCUT2D eigenvalue weighted by molar-refractivity contribution is 0.0957. The van der Waals surface area contributed by atoms with E-state index in [1.165, 1.54) is 0 Å². The summed E-state index contributed by atoms with van der Waals surface area (Å²) in [6.45, 7) is 7.58. The number of aromatic nitrogens is 2. The lowest BCUT2D eigenvalue weighted by Crippen LogP contribution is -2.46. The summed E-state index contributed by atoms with van der Waals surface area (Å²) in [6, 6.07) is 7.85. The van der Waals surface area contributed by atoms with E-state index in [4.69, 9.17) is 0 Å². The molecule has 0 atom stereocenters. The zero-order chi connectivity index (χ0) is 16.8. The molecule has 1 fully saturated rings. The van der Waals surface area contributed by atoms with Crippen LogP contribution < -0.4 is 15.1 Å². The van der Waals surface area contributed by atoms with Crippen LogP contribution in [0, 0.1) is 0 Å². The second kappa shape index (κ2) is 7.59. The van der Waals surface area contributed by atoms with Crippen molar-refractivity contribution in [3.05, 3.63) is 61.1 Å². The molecule has 24 heavy (non-hydrogen) atoms. The highest BCUT2D eigenvalue weighted by Gasteiger charge is 2.19. The Hall–Kier alpha value is -2.89.